The van der Waals surface area contributed by atoms with Crippen LogP contribution in [0.15, 0.2) is 70.8 Å². The number of hydrogen-bond acceptors (Lipinski definition) is 4. The van der Waals surface area contributed by atoms with Crippen LogP contribution in [0, 0.1) is 0 Å². The Balaban J connectivity index is 2.04. The highest BCUT2D eigenvalue weighted by atomic mass is 79.9. The maximum absolute atomic E-state index is 11.9. The first-order valence-electron chi connectivity index (χ1n) is 7.21. The van der Waals surface area contributed by atoms with Crippen LogP contribution in [-0.4, -0.2) is 23.8 Å². The lowest BCUT2D eigenvalue weighted by Gasteiger charge is -2.09. The average molecular weight is 389 g/mol. The molecule has 5 nitrogen and oxygen atoms in total. The van der Waals surface area contributed by atoms with Crippen molar-refractivity contribution < 1.29 is 14.6 Å². The number of aliphatic hydroxyl groups excluding tert-OH is 1. The van der Waals surface area contributed by atoms with Gasteiger partial charge in [0.25, 0.3) is 5.91 Å². The average Bonchev–Trinajstić information content (AvgIpc) is 2.61. The quantitative estimate of drug-likeness (QED) is 0.434. The van der Waals surface area contributed by atoms with Crippen molar-refractivity contribution in [3.63, 3.8) is 0 Å². The lowest BCUT2D eigenvalue weighted by molar-refractivity contribution is -0.129. The van der Waals surface area contributed by atoms with E-state index in [1.54, 1.807) is 36.4 Å². The molecule has 24 heavy (non-hydrogen) atoms. The summed E-state index contributed by atoms with van der Waals surface area (Å²) in [5.41, 5.74) is 3.51. The van der Waals surface area contributed by atoms with Gasteiger partial charge >= 0.3 is 0 Å². The smallest absolute Gasteiger partial charge is 0.273 e. The molecule has 2 N–H and O–H groups in total. The molecule has 0 unspecified atom stereocenters. The standard InChI is InChI=1S/C18H17BrN2O3/c1-2-10-24-16-9-8-15(19)11-14(16)12-20-21-18(23)17(22)13-6-4-3-5-7-13/h2-9,11-12,17,22H,1,10H2,(H,21,23)/b20-12-/t17-/m0/s1. The summed E-state index contributed by atoms with van der Waals surface area (Å²) in [5.74, 6) is 0.000661. The van der Waals surface area contributed by atoms with Crippen LogP contribution in [0.4, 0.5) is 0 Å². The highest BCUT2D eigenvalue weighted by molar-refractivity contribution is 9.10. The lowest BCUT2D eigenvalue weighted by Crippen LogP contribution is -2.25. The summed E-state index contributed by atoms with van der Waals surface area (Å²) in [6.07, 6.45) is 1.82. The zero-order valence-electron chi connectivity index (χ0n) is 12.9. The highest BCUT2D eigenvalue weighted by Gasteiger charge is 2.16. The first-order valence-corrected chi connectivity index (χ1v) is 8.00. The monoisotopic (exact) mass is 388 g/mol. The summed E-state index contributed by atoms with van der Waals surface area (Å²) in [7, 11) is 0. The third kappa shape index (κ3) is 5.04. The number of rotatable bonds is 7. The van der Waals surface area contributed by atoms with E-state index in [1.165, 1.54) is 6.21 Å². The molecule has 0 aliphatic carbocycles. The van der Waals surface area contributed by atoms with E-state index in [1.807, 2.05) is 18.2 Å². The first-order chi connectivity index (χ1) is 11.6. The minimum Gasteiger partial charge on any atom is -0.489 e. The van der Waals surface area contributed by atoms with Crippen molar-refractivity contribution >= 4 is 28.1 Å². The van der Waals surface area contributed by atoms with Gasteiger partial charge in [-0.2, -0.15) is 5.10 Å². The summed E-state index contributed by atoms with van der Waals surface area (Å²) < 4.78 is 6.38. The molecule has 0 aliphatic rings. The van der Waals surface area contributed by atoms with Gasteiger partial charge in [-0.1, -0.05) is 58.9 Å². The largest absolute Gasteiger partial charge is 0.489 e. The van der Waals surface area contributed by atoms with Crippen LogP contribution in [0.2, 0.25) is 0 Å². The number of carbonyl (C=O) groups is 1. The molecule has 0 fully saturated rings. The van der Waals surface area contributed by atoms with Gasteiger partial charge in [0.1, 0.15) is 12.4 Å². The molecule has 1 amide bonds. The Morgan fingerprint density at radius 2 is 2.08 bits per heavy atom. The van der Waals surface area contributed by atoms with Crippen molar-refractivity contribution in [2.75, 3.05) is 6.61 Å². The summed E-state index contributed by atoms with van der Waals surface area (Å²) in [6.45, 7) is 3.97. The molecule has 1 atom stereocenters. The number of hydrazone groups is 1. The fourth-order valence-corrected chi connectivity index (χ4v) is 2.29. The van der Waals surface area contributed by atoms with E-state index in [4.69, 9.17) is 4.74 Å². The molecule has 6 heteroatoms. The predicted molar refractivity (Wildman–Crippen MR) is 97.0 cm³/mol. The molecular formula is C18H17BrN2O3. The summed E-state index contributed by atoms with van der Waals surface area (Å²) in [6, 6.07) is 14.1. The van der Waals surface area contributed by atoms with Gasteiger partial charge in [0.05, 0.1) is 6.21 Å². The van der Waals surface area contributed by atoms with Gasteiger partial charge in [-0.3, -0.25) is 4.79 Å². The maximum Gasteiger partial charge on any atom is 0.273 e. The van der Waals surface area contributed by atoms with Gasteiger partial charge in [0.15, 0.2) is 6.10 Å². The molecule has 2 aromatic rings. The van der Waals surface area contributed by atoms with Gasteiger partial charge in [-0.25, -0.2) is 5.43 Å². The van der Waals surface area contributed by atoms with Crippen LogP contribution < -0.4 is 10.2 Å². The van der Waals surface area contributed by atoms with E-state index in [9.17, 15) is 9.90 Å². The maximum atomic E-state index is 11.9. The minimum absolute atomic E-state index is 0.363. The molecule has 0 spiro atoms. The van der Waals surface area contributed by atoms with E-state index in [2.05, 4.69) is 33.0 Å². The van der Waals surface area contributed by atoms with E-state index in [0.717, 1.165) is 4.47 Å². The van der Waals surface area contributed by atoms with Crippen LogP contribution in [0.1, 0.15) is 17.2 Å². The number of hydrogen-bond donors (Lipinski definition) is 2. The Bertz CT molecular complexity index is 732. The number of nitrogens with zero attached hydrogens (tertiary/aromatic N) is 1. The summed E-state index contributed by atoms with van der Waals surface area (Å²) in [4.78, 5) is 11.9. The third-order valence-electron chi connectivity index (χ3n) is 3.07. The number of nitrogens with one attached hydrogen (secondary N) is 1. The Morgan fingerprint density at radius 3 is 2.79 bits per heavy atom. The van der Waals surface area contributed by atoms with Gasteiger partial charge in [0, 0.05) is 10.0 Å². The number of halogens is 1. The Labute approximate surface area is 148 Å². The highest BCUT2D eigenvalue weighted by Crippen LogP contribution is 2.21. The zero-order valence-corrected chi connectivity index (χ0v) is 14.4. The van der Waals surface area contributed by atoms with Crippen LogP contribution in [-0.2, 0) is 4.79 Å². The summed E-state index contributed by atoms with van der Waals surface area (Å²) >= 11 is 3.37. The minimum atomic E-state index is -1.28. The van der Waals surface area contributed by atoms with Crippen molar-refractivity contribution in [2.45, 2.75) is 6.10 Å². The Hall–Kier alpha value is -2.44. The molecule has 0 saturated carbocycles. The fourth-order valence-electron chi connectivity index (χ4n) is 1.91. The van der Waals surface area contributed by atoms with Crippen LogP contribution in [0.25, 0.3) is 0 Å². The van der Waals surface area contributed by atoms with Gasteiger partial charge in [-0.15, -0.1) is 0 Å². The van der Waals surface area contributed by atoms with E-state index < -0.39 is 12.0 Å². The number of benzene rings is 2. The SMILES string of the molecule is C=CCOc1ccc(Br)cc1/C=N\NC(=O)[C@@H](O)c1ccccc1. The van der Waals surface area contributed by atoms with E-state index in [-0.39, 0.29) is 0 Å². The van der Waals surface area contributed by atoms with Crippen molar-refractivity contribution in [3.05, 3.63) is 76.8 Å². The van der Waals surface area contributed by atoms with Crippen LogP contribution >= 0.6 is 15.9 Å². The van der Waals surface area contributed by atoms with Gasteiger partial charge in [-0.05, 0) is 23.8 Å². The van der Waals surface area contributed by atoms with Crippen molar-refractivity contribution in [3.8, 4) is 5.75 Å². The number of aliphatic hydroxyl groups is 1. The molecule has 124 valence electrons. The van der Waals surface area contributed by atoms with Gasteiger partial charge in [0.2, 0.25) is 0 Å². The van der Waals surface area contributed by atoms with E-state index in [0.29, 0.717) is 23.5 Å². The second-order valence-corrected chi connectivity index (χ2v) is 5.74. The second-order valence-electron chi connectivity index (χ2n) is 4.83. The topological polar surface area (TPSA) is 70.9 Å². The number of ether oxygens (including phenoxy) is 1. The number of carbonyl (C=O) groups excluding carboxylic acids is 1. The molecule has 2 aromatic carbocycles. The molecule has 0 aromatic heterocycles. The predicted octanol–water partition coefficient (Wildman–Crippen LogP) is 3.20. The lowest BCUT2D eigenvalue weighted by atomic mass is 10.1. The molecule has 0 bridgehead atoms. The van der Waals surface area contributed by atoms with Crippen LogP contribution in [0.5, 0.6) is 5.75 Å². The normalized spacial score (nSPS) is 11.9. The van der Waals surface area contributed by atoms with Crippen molar-refractivity contribution in [1.82, 2.24) is 5.43 Å². The molecular weight excluding hydrogens is 372 g/mol. The Morgan fingerprint density at radius 1 is 1.33 bits per heavy atom. The van der Waals surface area contributed by atoms with Crippen LogP contribution in [0.3, 0.4) is 0 Å². The van der Waals surface area contributed by atoms with Crippen molar-refractivity contribution in [1.29, 1.82) is 0 Å². The molecule has 0 radical (unpaired) electrons. The molecule has 2 rings (SSSR count). The third-order valence-corrected chi connectivity index (χ3v) is 3.56. The number of amides is 1. The molecule has 0 saturated heterocycles. The summed E-state index contributed by atoms with van der Waals surface area (Å²) in [5, 5.41) is 13.9. The first kappa shape index (κ1) is 17.9. The second kappa shape index (κ2) is 9.00. The zero-order chi connectivity index (χ0) is 17.4. The molecule has 0 aliphatic heterocycles. The Kier molecular flexibility index (Phi) is 6.72. The van der Waals surface area contributed by atoms with E-state index >= 15 is 0 Å². The fraction of sp³-hybridized carbons (Fsp3) is 0.111. The van der Waals surface area contributed by atoms with Gasteiger partial charge < -0.3 is 9.84 Å². The van der Waals surface area contributed by atoms with Crippen molar-refractivity contribution in [2.24, 2.45) is 5.10 Å². The molecule has 0 heterocycles.